The molecule has 1 aromatic carbocycles. The van der Waals surface area contributed by atoms with E-state index in [0.29, 0.717) is 10.7 Å². The van der Waals surface area contributed by atoms with Gasteiger partial charge in [0.2, 0.25) is 0 Å². The van der Waals surface area contributed by atoms with Crippen LogP contribution in [0.15, 0.2) is 41.1 Å². The maximum Gasteiger partial charge on any atom is 0.331 e. The summed E-state index contributed by atoms with van der Waals surface area (Å²) in [5, 5.41) is 6.98. The molecule has 1 N–H and O–H groups in total. The lowest BCUT2D eigenvalue weighted by Gasteiger charge is -2.06. The van der Waals surface area contributed by atoms with E-state index in [1.807, 2.05) is 23.8 Å². The Hall–Kier alpha value is -2.11. The van der Waals surface area contributed by atoms with Gasteiger partial charge in [0.1, 0.15) is 0 Å². The lowest BCUT2D eigenvalue weighted by atomic mass is 10.2. The van der Waals surface area contributed by atoms with E-state index < -0.39 is 11.9 Å². The number of rotatable bonds is 5. The molecule has 0 saturated carbocycles. The van der Waals surface area contributed by atoms with Gasteiger partial charge in [0.25, 0.3) is 5.91 Å². The number of hydrogen-bond acceptors (Lipinski definition) is 4. The number of halogens is 1. The first kappa shape index (κ1) is 16.3. The topological polar surface area (TPSA) is 55.4 Å². The van der Waals surface area contributed by atoms with Crippen molar-refractivity contribution < 1.29 is 14.3 Å². The van der Waals surface area contributed by atoms with Gasteiger partial charge in [-0.2, -0.15) is 11.3 Å². The van der Waals surface area contributed by atoms with Crippen molar-refractivity contribution in [3.8, 4) is 0 Å². The minimum atomic E-state index is -0.566. The average Bonchev–Trinajstić information content (AvgIpc) is 3.00. The molecule has 0 unspecified atom stereocenters. The maximum atomic E-state index is 11.7. The number of benzene rings is 1. The number of carbonyl (C=O) groups excluding carboxylic acids is 2. The van der Waals surface area contributed by atoms with Gasteiger partial charge in [0.15, 0.2) is 6.61 Å². The average molecular weight is 336 g/mol. The summed E-state index contributed by atoms with van der Waals surface area (Å²) in [6.45, 7) is 1.52. The van der Waals surface area contributed by atoms with E-state index in [-0.39, 0.29) is 6.61 Å². The first-order valence-electron chi connectivity index (χ1n) is 6.47. The van der Waals surface area contributed by atoms with Crippen molar-refractivity contribution >= 4 is 46.6 Å². The fourth-order valence-corrected chi connectivity index (χ4v) is 2.40. The third-order valence-corrected chi connectivity index (χ3v) is 3.86. The number of carbonyl (C=O) groups is 2. The van der Waals surface area contributed by atoms with E-state index in [0.717, 1.165) is 11.1 Å². The molecule has 1 heterocycles. The largest absolute Gasteiger partial charge is 0.452 e. The van der Waals surface area contributed by atoms with E-state index >= 15 is 0 Å². The minimum absolute atomic E-state index is 0.349. The van der Waals surface area contributed by atoms with Gasteiger partial charge in [-0.05, 0) is 53.1 Å². The molecule has 1 aromatic heterocycles. The second-order valence-electron chi connectivity index (χ2n) is 4.51. The van der Waals surface area contributed by atoms with Crippen LogP contribution in [0.4, 0.5) is 5.69 Å². The molecule has 6 heteroatoms. The van der Waals surface area contributed by atoms with Crippen LogP contribution in [0.1, 0.15) is 11.1 Å². The second kappa shape index (κ2) is 7.77. The molecule has 0 aliphatic heterocycles. The first-order chi connectivity index (χ1) is 10.5. The standard InChI is InChI=1S/C16H14ClNO3S/c1-11-2-4-13(8-14(11)17)18-15(19)9-21-16(20)5-3-12-6-7-22-10-12/h2-8,10H,9H2,1H3,(H,18,19)/b5-3+. The Labute approximate surface area is 137 Å². The Kier molecular flexibility index (Phi) is 5.75. The summed E-state index contributed by atoms with van der Waals surface area (Å²) in [5.41, 5.74) is 2.40. The lowest BCUT2D eigenvalue weighted by Crippen LogP contribution is -2.20. The Balaban J connectivity index is 1.79. The van der Waals surface area contributed by atoms with Crippen LogP contribution < -0.4 is 5.32 Å². The zero-order valence-corrected chi connectivity index (χ0v) is 13.4. The summed E-state index contributed by atoms with van der Waals surface area (Å²) in [7, 11) is 0. The van der Waals surface area contributed by atoms with Gasteiger partial charge >= 0.3 is 5.97 Å². The minimum Gasteiger partial charge on any atom is -0.452 e. The van der Waals surface area contributed by atoms with Crippen molar-refractivity contribution in [1.29, 1.82) is 0 Å². The monoisotopic (exact) mass is 335 g/mol. The normalized spacial score (nSPS) is 10.6. The van der Waals surface area contributed by atoms with Gasteiger partial charge in [0.05, 0.1) is 0 Å². The summed E-state index contributed by atoms with van der Waals surface area (Å²) >= 11 is 7.50. The van der Waals surface area contributed by atoms with Crippen LogP contribution in [-0.2, 0) is 14.3 Å². The quantitative estimate of drug-likeness (QED) is 0.666. The number of ether oxygens (including phenoxy) is 1. The van der Waals surface area contributed by atoms with Crippen molar-refractivity contribution in [2.24, 2.45) is 0 Å². The van der Waals surface area contributed by atoms with Gasteiger partial charge in [-0.1, -0.05) is 17.7 Å². The SMILES string of the molecule is Cc1ccc(NC(=O)COC(=O)/C=C/c2ccsc2)cc1Cl. The molecular formula is C16H14ClNO3S. The van der Waals surface area contributed by atoms with E-state index in [4.69, 9.17) is 16.3 Å². The van der Waals surface area contributed by atoms with Gasteiger partial charge in [-0.15, -0.1) is 0 Å². The molecule has 2 rings (SSSR count). The van der Waals surface area contributed by atoms with Gasteiger partial charge in [-0.25, -0.2) is 4.79 Å². The number of amides is 1. The number of aryl methyl sites for hydroxylation is 1. The molecule has 0 aliphatic carbocycles. The number of nitrogens with one attached hydrogen (secondary N) is 1. The molecular weight excluding hydrogens is 322 g/mol. The van der Waals surface area contributed by atoms with Crippen LogP contribution >= 0.6 is 22.9 Å². The lowest BCUT2D eigenvalue weighted by molar-refractivity contribution is -0.142. The van der Waals surface area contributed by atoms with Crippen LogP contribution in [0, 0.1) is 6.92 Å². The first-order valence-corrected chi connectivity index (χ1v) is 7.80. The van der Waals surface area contributed by atoms with Crippen LogP contribution in [0.5, 0.6) is 0 Å². The molecule has 0 bridgehead atoms. The number of anilines is 1. The van der Waals surface area contributed by atoms with Gasteiger partial charge in [-0.3, -0.25) is 4.79 Å². The van der Waals surface area contributed by atoms with Crippen LogP contribution in [0.2, 0.25) is 5.02 Å². The Morgan fingerprint density at radius 1 is 1.36 bits per heavy atom. The fourth-order valence-electron chi connectivity index (χ4n) is 1.59. The van der Waals surface area contributed by atoms with E-state index in [1.165, 1.54) is 17.4 Å². The zero-order chi connectivity index (χ0) is 15.9. The summed E-state index contributed by atoms with van der Waals surface area (Å²) < 4.78 is 4.86. The van der Waals surface area contributed by atoms with E-state index in [1.54, 1.807) is 24.3 Å². The summed E-state index contributed by atoms with van der Waals surface area (Å²) in [6.07, 6.45) is 2.93. The Bertz CT molecular complexity index is 695. The Morgan fingerprint density at radius 3 is 2.86 bits per heavy atom. The zero-order valence-electron chi connectivity index (χ0n) is 11.8. The highest BCUT2D eigenvalue weighted by molar-refractivity contribution is 7.08. The molecule has 0 fully saturated rings. The van der Waals surface area contributed by atoms with Crippen molar-refractivity contribution in [2.45, 2.75) is 6.92 Å². The van der Waals surface area contributed by atoms with Crippen molar-refractivity contribution in [1.82, 2.24) is 0 Å². The summed E-state index contributed by atoms with van der Waals surface area (Å²) in [4.78, 5) is 23.2. The van der Waals surface area contributed by atoms with Crippen molar-refractivity contribution in [2.75, 3.05) is 11.9 Å². The number of esters is 1. The molecule has 0 saturated heterocycles. The molecule has 114 valence electrons. The Morgan fingerprint density at radius 2 is 2.18 bits per heavy atom. The van der Waals surface area contributed by atoms with Crippen LogP contribution in [0.3, 0.4) is 0 Å². The predicted molar refractivity (Wildman–Crippen MR) is 89.1 cm³/mol. The van der Waals surface area contributed by atoms with E-state index in [9.17, 15) is 9.59 Å². The molecule has 4 nitrogen and oxygen atoms in total. The molecule has 1 amide bonds. The molecule has 0 aliphatic rings. The summed E-state index contributed by atoms with van der Waals surface area (Å²) in [6, 6.07) is 7.06. The molecule has 0 spiro atoms. The van der Waals surface area contributed by atoms with Crippen molar-refractivity contribution in [3.63, 3.8) is 0 Å². The predicted octanol–water partition coefficient (Wildman–Crippen LogP) is 3.91. The fraction of sp³-hybridized carbons (Fsp3) is 0.125. The van der Waals surface area contributed by atoms with Gasteiger partial charge < -0.3 is 10.1 Å². The maximum absolute atomic E-state index is 11.7. The highest BCUT2D eigenvalue weighted by Gasteiger charge is 2.06. The smallest absolute Gasteiger partial charge is 0.331 e. The van der Waals surface area contributed by atoms with Crippen LogP contribution in [0.25, 0.3) is 6.08 Å². The van der Waals surface area contributed by atoms with Gasteiger partial charge in [0, 0.05) is 16.8 Å². The third kappa shape index (κ3) is 5.02. The number of thiophene rings is 1. The third-order valence-electron chi connectivity index (χ3n) is 2.76. The highest BCUT2D eigenvalue weighted by atomic mass is 35.5. The number of hydrogen-bond donors (Lipinski definition) is 1. The molecule has 0 atom stereocenters. The highest BCUT2D eigenvalue weighted by Crippen LogP contribution is 2.19. The molecule has 0 radical (unpaired) electrons. The summed E-state index contributed by atoms with van der Waals surface area (Å²) in [5.74, 6) is -0.986. The molecule has 22 heavy (non-hydrogen) atoms. The van der Waals surface area contributed by atoms with E-state index in [2.05, 4.69) is 5.32 Å². The van der Waals surface area contributed by atoms with Crippen molar-refractivity contribution in [3.05, 3.63) is 57.3 Å². The van der Waals surface area contributed by atoms with Crippen LogP contribution in [-0.4, -0.2) is 18.5 Å². The second-order valence-corrected chi connectivity index (χ2v) is 5.70. The molecule has 2 aromatic rings.